The van der Waals surface area contributed by atoms with Gasteiger partial charge in [-0.1, -0.05) is 37.9 Å². The van der Waals surface area contributed by atoms with E-state index in [1.807, 2.05) is 0 Å². The molecule has 0 N–H and O–H groups in total. The highest BCUT2D eigenvalue weighted by Crippen LogP contribution is 2.24. The Balaban J connectivity index is 4.57. The highest BCUT2D eigenvalue weighted by atomic mass is 29.3. The minimum atomic E-state index is -1.04. The Morgan fingerprint density at radius 2 is 1.30 bits per heavy atom. The van der Waals surface area contributed by atoms with Crippen molar-refractivity contribution in [1.82, 2.24) is 0 Å². The molecule has 2 heteroatoms. The quantitative estimate of drug-likeness (QED) is 0.561. The van der Waals surface area contributed by atoms with E-state index >= 15 is 0 Å². The first-order chi connectivity index (χ1) is 4.19. The van der Waals surface area contributed by atoms with Crippen LogP contribution in [0, 0.1) is 0 Å². The fourth-order valence-corrected chi connectivity index (χ4v) is 5.76. The van der Waals surface area contributed by atoms with Crippen molar-refractivity contribution in [2.45, 2.75) is 39.7 Å². The summed E-state index contributed by atoms with van der Waals surface area (Å²) in [6, 6.07) is 0. The molecule has 0 fully saturated rings. The molecule has 0 aromatic heterocycles. The van der Waals surface area contributed by atoms with Gasteiger partial charge in [-0.3, -0.25) is 0 Å². The van der Waals surface area contributed by atoms with Crippen LogP contribution in [0.4, 0.5) is 0 Å². The molecular weight excluding hydrogens is 152 g/mol. The fourth-order valence-electron chi connectivity index (χ4n) is 0.640. The Morgan fingerprint density at radius 1 is 1.00 bits per heavy atom. The van der Waals surface area contributed by atoms with E-state index in [1.165, 1.54) is 5.20 Å². The summed E-state index contributed by atoms with van der Waals surface area (Å²) in [7, 11) is -1.95. The molecule has 0 aliphatic carbocycles. The Morgan fingerprint density at radius 3 is 1.30 bits per heavy atom. The SMILES string of the molecule is C=C(C)[Si](C)(C)[Si](C)(C)C. The summed E-state index contributed by atoms with van der Waals surface area (Å²) in [5, 5.41) is 1.46. The maximum absolute atomic E-state index is 4.09. The molecule has 0 amide bonds. The van der Waals surface area contributed by atoms with Crippen molar-refractivity contribution in [2.75, 3.05) is 0 Å². The predicted octanol–water partition coefficient (Wildman–Crippen LogP) is 3.23. The summed E-state index contributed by atoms with van der Waals surface area (Å²) in [4.78, 5) is 0. The number of hydrogen-bond donors (Lipinski definition) is 0. The first-order valence-electron chi connectivity index (χ1n) is 3.85. The van der Waals surface area contributed by atoms with Crippen molar-refractivity contribution in [2.24, 2.45) is 0 Å². The van der Waals surface area contributed by atoms with E-state index in [2.05, 4.69) is 46.2 Å². The minimum absolute atomic E-state index is 0.909. The van der Waals surface area contributed by atoms with E-state index in [0.717, 1.165) is 0 Å². The third kappa shape index (κ3) is 1.83. The molecule has 0 unspecified atom stereocenters. The van der Waals surface area contributed by atoms with Crippen LogP contribution in [0.25, 0.3) is 0 Å². The van der Waals surface area contributed by atoms with Crippen molar-refractivity contribution >= 4 is 15.2 Å². The van der Waals surface area contributed by atoms with Crippen molar-refractivity contribution in [3.05, 3.63) is 11.8 Å². The standard InChI is InChI=1S/C8H20Si2/c1-8(2)10(6,7)9(3,4)5/h1H2,2-7H3. The lowest BCUT2D eigenvalue weighted by Gasteiger charge is -2.35. The van der Waals surface area contributed by atoms with Crippen molar-refractivity contribution in [1.29, 1.82) is 0 Å². The number of hydrogen-bond acceptors (Lipinski definition) is 0. The lowest BCUT2D eigenvalue weighted by atomic mass is 10.8. The molecule has 0 aromatic rings. The van der Waals surface area contributed by atoms with E-state index in [4.69, 9.17) is 0 Å². The van der Waals surface area contributed by atoms with Crippen LogP contribution in [0.2, 0.25) is 32.7 Å². The highest BCUT2D eigenvalue weighted by molar-refractivity contribution is 7.42. The molecule has 0 rings (SSSR count). The second-order valence-corrected chi connectivity index (χ2v) is 21.5. The van der Waals surface area contributed by atoms with Gasteiger partial charge in [0.1, 0.15) is 0 Å². The van der Waals surface area contributed by atoms with E-state index in [1.54, 1.807) is 0 Å². The zero-order valence-corrected chi connectivity index (χ0v) is 10.2. The molecule has 10 heavy (non-hydrogen) atoms. The topological polar surface area (TPSA) is 0 Å². The van der Waals surface area contributed by atoms with Gasteiger partial charge in [0.2, 0.25) is 0 Å². The van der Waals surface area contributed by atoms with E-state index in [-0.39, 0.29) is 0 Å². The van der Waals surface area contributed by atoms with Crippen molar-refractivity contribution in [3.63, 3.8) is 0 Å². The van der Waals surface area contributed by atoms with Gasteiger partial charge >= 0.3 is 0 Å². The summed E-state index contributed by atoms with van der Waals surface area (Å²) in [6.07, 6.45) is 0. The van der Waals surface area contributed by atoms with Gasteiger partial charge in [-0.2, -0.15) is 0 Å². The van der Waals surface area contributed by atoms with Crippen LogP contribution in [0.5, 0.6) is 0 Å². The zero-order valence-electron chi connectivity index (χ0n) is 8.21. The van der Waals surface area contributed by atoms with Crippen molar-refractivity contribution in [3.8, 4) is 0 Å². The molecule has 0 aromatic carbocycles. The van der Waals surface area contributed by atoms with E-state index < -0.39 is 15.2 Å². The van der Waals surface area contributed by atoms with Gasteiger partial charge < -0.3 is 0 Å². The molecule has 0 heterocycles. The average molecular weight is 172 g/mol. The van der Waals surface area contributed by atoms with Gasteiger partial charge in [0, 0.05) is 7.59 Å². The molecule has 0 bridgehead atoms. The van der Waals surface area contributed by atoms with E-state index in [9.17, 15) is 0 Å². The molecule has 0 aliphatic heterocycles. The van der Waals surface area contributed by atoms with Gasteiger partial charge in [0.15, 0.2) is 0 Å². The summed E-state index contributed by atoms with van der Waals surface area (Å²) in [5.74, 6) is 0. The summed E-state index contributed by atoms with van der Waals surface area (Å²) < 4.78 is 0. The normalized spacial score (nSPS) is 13.4. The molecule has 0 nitrogen and oxygen atoms in total. The summed E-state index contributed by atoms with van der Waals surface area (Å²) >= 11 is 0. The van der Waals surface area contributed by atoms with Crippen LogP contribution in [0.1, 0.15) is 6.92 Å². The first kappa shape index (κ1) is 10.2. The van der Waals surface area contributed by atoms with Gasteiger partial charge in [0.25, 0.3) is 0 Å². The molecule has 0 atom stereocenters. The first-order valence-corrected chi connectivity index (χ1v) is 11.4. The van der Waals surface area contributed by atoms with E-state index in [0.29, 0.717) is 0 Å². The van der Waals surface area contributed by atoms with Crippen LogP contribution in [0.3, 0.4) is 0 Å². The maximum atomic E-state index is 4.09. The third-order valence-corrected chi connectivity index (χ3v) is 21.4. The second kappa shape index (κ2) is 2.66. The fraction of sp³-hybridized carbons (Fsp3) is 0.750. The number of rotatable bonds is 2. The zero-order chi connectivity index (χ0) is 8.58. The Hall–Kier alpha value is 0.174. The van der Waals surface area contributed by atoms with Crippen molar-refractivity contribution < 1.29 is 0 Å². The average Bonchev–Trinajstić information content (AvgIpc) is 1.62. The van der Waals surface area contributed by atoms with Crippen LogP contribution >= 0.6 is 0 Å². The third-order valence-electron chi connectivity index (χ3n) is 2.94. The molecule has 0 radical (unpaired) electrons. The molecule has 60 valence electrons. The molecular formula is C8H20Si2. The summed E-state index contributed by atoms with van der Waals surface area (Å²) in [6.45, 7) is 18.5. The van der Waals surface area contributed by atoms with Crippen LogP contribution in [0.15, 0.2) is 11.8 Å². The Kier molecular flexibility index (Phi) is 2.71. The maximum Gasteiger partial charge on any atom is 0.0674 e. The predicted molar refractivity (Wildman–Crippen MR) is 55.6 cm³/mol. The smallest absolute Gasteiger partial charge is 0.0674 e. The lowest BCUT2D eigenvalue weighted by Crippen LogP contribution is -2.53. The van der Waals surface area contributed by atoms with Crippen LogP contribution < -0.4 is 0 Å². The minimum Gasteiger partial charge on any atom is -0.104 e. The van der Waals surface area contributed by atoms with Gasteiger partial charge in [0.05, 0.1) is 7.59 Å². The largest absolute Gasteiger partial charge is 0.104 e. The molecule has 0 spiro atoms. The monoisotopic (exact) mass is 172 g/mol. The second-order valence-electron chi connectivity index (χ2n) is 4.66. The van der Waals surface area contributed by atoms with Crippen LogP contribution in [-0.4, -0.2) is 15.2 Å². The highest BCUT2D eigenvalue weighted by Gasteiger charge is 2.36. The summed E-state index contributed by atoms with van der Waals surface area (Å²) in [5.41, 5.74) is 0. The van der Waals surface area contributed by atoms with Gasteiger partial charge in [-0.15, -0.1) is 6.58 Å². The van der Waals surface area contributed by atoms with Gasteiger partial charge in [-0.25, -0.2) is 0 Å². The Bertz CT molecular complexity index is 140. The Labute approximate surface area is 67.2 Å². The molecule has 0 aliphatic rings. The van der Waals surface area contributed by atoms with Gasteiger partial charge in [-0.05, 0) is 6.92 Å². The number of allylic oxidation sites excluding steroid dienone is 1. The van der Waals surface area contributed by atoms with Crippen LogP contribution in [-0.2, 0) is 0 Å². The molecule has 0 saturated heterocycles. The molecule has 0 saturated carbocycles. The lowest BCUT2D eigenvalue weighted by molar-refractivity contribution is 1.58.